The Bertz CT molecular complexity index is 1150. The van der Waals surface area contributed by atoms with Crippen LogP contribution in [0.15, 0.2) is 60.7 Å². The zero-order valence-electron chi connectivity index (χ0n) is 17.0. The molecule has 0 saturated carbocycles. The number of likely N-dealkylation sites (N-methyl/N-ethyl adjacent to an activating group) is 1. The lowest BCUT2D eigenvalue weighted by atomic mass is 9.96. The number of benzene rings is 3. The van der Waals surface area contributed by atoms with Gasteiger partial charge < -0.3 is 9.64 Å². The third-order valence-corrected chi connectivity index (χ3v) is 6.74. The Labute approximate surface area is 174 Å². The van der Waals surface area contributed by atoms with Crippen molar-refractivity contribution in [3.05, 3.63) is 71.2 Å². The third kappa shape index (κ3) is 3.70. The monoisotopic (exact) mass is 404 g/mol. The lowest BCUT2D eigenvalue weighted by Crippen LogP contribution is -2.33. The highest BCUT2D eigenvalue weighted by molar-refractivity contribution is 7.18. The highest BCUT2D eigenvalue weighted by Gasteiger charge is 2.25. The summed E-state index contributed by atoms with van der Waals surface area (Å²) in [6.07, 6.45) is 0. The summed E-state index contributed by atoms with van der Waals surface area (Å²) in [5.74, 6) is 0.687. The van der Waals surface area contributed by atoms with Crippen LogP contribution in [0.5, 0.6) is 5.75 Å². The van der Waals surface area contributed by atoms with E-state index < -0.39 is 0 Å². The van der Waals surface area contributed by atoms with Gasteiger partial charge in [-0.3, -0.25) is 4.79 Å². The number of rotatable bonds is 5. The molecule has 2 atom stereocenters. The average molecular weight is 405 g/mol. The van der Waals surface area contributed by atoms with Crippen LogP contribution in [0.25, 0.3) is 21.0 Å². The van der Waals surface area contributed by atoms with Crippen molar-refractivity contribution in [2.24, 2.45) is 0 Å². The second kappa shape index (κ2) is 7.84. The zero-order chi connectivity index (χ0) is 20.5. The Hall–Kier alpha value is -2.92. The van der Waals surface area contributed by atoms with Gasteiger partial charge in [-0.05, 0) is 54.4 Å². The van der Waals surface area contributed by atoms with E-state index in [1.807, 2.05) is 69.4 Å². The first-order valence-electron chi connectivity index (χ1n) is 9.68. The Balaban J connectivity index is 1.56. The number of aromatic nitrogens is 1. The summed E-state index contributed by atoms with van der Waals surface area (Å²) >= 11 is 1.65. The Kier molecular flexibility index (Phi) is 5.24. The minimum Gasteiger partial charge on any atom is -0.497 e. The quantitative estimate of drug-likeness (QED) is 0.423. The molecule has 0 radical (unpaired) electrons. The molecular weight excluding hydrogens is 380 g/mol. The molecule has 148 valence electrons. The first-order valence-corrected chi connectivity index (χ1v) is 10.5. The summed E-state index contributed by atoms with van der Waals surface area (Å²) in [6, 6.07) is 20.2. The number of thiazole rings is 1. The summed E-state index contributed by atoms with van der Waals surface area (Å²) in [5, 5.41) is 3.16. The fourth-order valence-corrected chi connectivity index (χ4v) is 4.57. The first kappa shape index (κ1) is 19.4. The van der Waals surface area contributed by atoms with Gasteiger partial charge in [-0.1, -0.05) is 36.4 Å². The second-order valence-corrected chi connectivity index (χ2v) is 8.40. The summed E-state index contributed by atoms with van der Waals surface area (Å²) in [5.41, 5.74) is 1.99. The molecule has 0 fully saturated rings. The number of amides is 1. The van der Waals surface area contributed by atoms with Crippen molar-refractivity contribution in [2.75, 3.05) is 14.2 Å². The molecule has 1 heterocycles. The molecule has 1 amide bonds. The van der Waals surface area contributed by atoms with E-state index in [0.29, 0.717) is 0 Å². The standard InChI is InChI=1S/C24H24N2O2S/c1-15(17-9-10-19-14-20(28-4)12-11-18(19)13-17)24(27)26(3)16(2)23-25-21-7-5-6-8-22(21)29-23/h5-16H,1-4H3/t15-,16-/m0/s1. The maximum absolute atomic E-state index is 13.2. The molecule has 0 aliphatic carbocycles. The minimum absolute atomic E-state index is 0.0768. The molecule has 3 aromatic carbocycles. The molecule has 4 aromatic rings. The van der Waals surface area contributed by atoms with Crippen molar-refractivity contribution in [3.8, 4) is 5.75 Å². The van der Waals surface area contributed by atoms with Crippen LogP contribution in [-0.2, 0) is 4.79 Å². The normalized spacial score (nSPS) is 13.4. The van der Waals surface area contributed by atoms with Crippen LogP contribution in [0.2, 0.25) is 0 Å². The van der Waals surface area contributed by atoms with Crippen LogP contribution in [0.1, 0.15) is 36.4 Å². The Morgan fingerprint density at radius 2 is 1.76 bits per heavy atom. The van der Waals surface area contributed by atoms with Gasteiger partial charge >= 0.3 is 0 Å². The van der Waals surface area contributed by atoms with E-state index in [-0.39, 0.29) is 17.9 Å². The molecule has 0 unspecified atom stereocenters. The number of carbonyl (C=O) groups is 1. The van der Waals surface area contributed by atoms with Crippen molar-refractivity contribution >= 4 is 38.2 Å². The van der Waals surface area contributed by atoms with Crippen LogP contribution >= 0.6 is 11.3 Å². The number of para-hydroxylation sites is 1. The van der Waals surface area contributed by atoms with E-state index in [9.17, 15) is 4.79 Å². The van der Waals surface area contributed by atoms with E-state index in [0.717, 1.165) is 37.3 Å². The van der Waals surface area contributed by atoms with Gasteiger partial charge in [-0.15, -0.1) is 11.3 Å². The first-order chi connectivity index (χ1) is 14.0. The van der Waals surface area contributed by atoms with Gasteiger partial charge in [0.2, 0.25) is 5.91 Å². The molecule has 0 aliphatic heterocycles. The fourth-order valence-electron chi connectivity index (χ4n) is 3.51. The van der Waals surface area contributed by atoms with Gasteiger partial charge in [0.1, 0.15) is 10.8 Å². The van der Waals surface area contributed by atoms with E-state index in [1.54, 1.807) is 23.3 Å². The van der Waals surface area contributed by atoms with E-state index in [4.69, 9.17) is 9.72 Å². The maximum Gasteiger partial charge on any atom is 0.230 e. The number of hydrogen-bond donors (Lipinski definition) is 0. The van der Waals surface area contributed by atoms with Gasteiger partial charge in [-0.2, -0.15) is 0 Å². The van der Waals surface area contributed by atoms with Crippen LogP contribution in [0, 0.1) is 0 Å². The molecule has 5 heteroatoms. The SMILES string of the molecule is COc1ccc2cc([C@H](C)C(=O)N(C)[C@@H](C)c3nc4ccccc4s3)ccc2c1. The lowest BCUT2D eigenvalue weighted by molar-refractivity contribution is -0.133. The Morgan fingerprint density at radius 3 is 2.52 bits per heavy atom. The highest BCUT2D eigenvalue weighted by atomic mass is 32.1. The predicted octanol–water partition coefficient (Wildman–Crippen LogP) is 5.78. The Morgan fingerprint density at radius 1 is 1.03 bits per heavy atom. The van der Waals surface area contributed by atoms with Crippen molar-refractivity contribution in [1.82, 2.24) is 9.88 Å². The number of hydrogen-bond acceptors (Lipinski definition) is 4. The number of ether oxygens (including phenoxy) is 1. The zero-order valence-corrected chi connectivity index (χ0v) is 17.9. The van der Waals surface area contributed by atoms with Crippen molar-refractivity contribution in [2.45, 2.75) is 25.8 Å². The summed E-state index contributed by atoms with van der Waals surface area (Å²) in [6.45, 7) is 4.00. The van der Waals surface area contributed by atoms with E-state index >= 15 is 0 Å². The molecule has 0 bridgehead atoms. The molecule has 4 rings (SSSR count). The number of fused-ring (bicyclic) bond motifs is 2. The molecule has 29 heavy (non-hydrogen) atoms. The molecule has 0 N–H and O–H groups in total. The smallest absolute Gasteiger partial charge is 0.230 e. The largest absolute Gasteiger partial charge is 0.497 e. The van der Waals surface area contributed by atoms with Crippen molar-refractivity contribution in [3.63, 3.8) is 0 Å². The number of nitrogens with zero attached hydrogens (tertiary/aromatic N) is 2. The maximum atomic E-state index is 13.2. The van der Waals surface area contributed by atoms with Gasteiger partial charge in [-0.25, -0.2) is 4.98 Å². The molecular formula is C24H24N2O2S. The van der Waals surface area contributed by atoms with Crippen molar-refractivity contribution in [1.29, 1.82) is 0 Å². The van der Waals surface area contributed by atoms with Gasteiger partial charge in [0, 0.05) is 7.05 Å². The van der Waals surface area contributed by atoms with Gasteiger partial charge in [0.05, 0.1) is 29.3 Å². The second-order valence-electron chi connectivity index (χ2n) is 7.34. The molecule has 4 nitrogen and oxygen atoms in total. The fraction of sp³-hybridized carbons (Fsp3) is 0.250. The molecule has 0 spiro atoms. The number of methoxy groups -OCH3 is 1. The average Bonchev–Trinajstić information content (AvgIpc) is 3.20. The van der Waals surface area contributed by atoms with Crippen LogP contribution in [-0.4, -0.2) is 29.9 Å². The third-order valence-electron chi connectivity index (χ3n) is 5.54. The summed E-state index contributed by atoms with van der Waals surface area (Å²) < 4.78 is 6.44. The van der Waals surface area contributed by atoms with E-state index in [1.165, 1.54) is 0 Å². The van der Waals surface area contributed by atoms with Crippen molar-refractivity contribution < 1.29 is 9.53 Å². The summed E-state index contributed by atoms with van der Waals surface area (Å²) in [7, 11) is 3.53. The number of carbonyl (C=O) groups excluding carboxylic acids is 1. The van der Waals surface area contributed by atoms with Crippen LogP contribution in [0.3, 0.4) is 0 Å². The predicted molar refractivity (Wildman–Crippen MR) is 120 cm³/mol. The molecule has 0 aliphatic rings. The molecule has 0 saturated heterocycles. The van der Waals surface area contributed by atoms with Gasteiger partial charge in [0.15, 0.2) is 0 Å². The van der Waals surface area contributed by atoms with Crippen LogP contribution < -0.4 is 4.74 Å². The topological polar surface area (TPSA) is 42.4 Å². The molecule has 1 aromatic heterocycles. The van der Waals surface area contributed by atoms with E-state index in [2.05, 4.69) is 12.1 Å². The highest BCUT2D eigenvalue weighted by Crippen LogP contribution is 2.31. The lowest BCUT2D eigenvalue weighted by Gasteiger charge is -2.26. The van der Waals surface area contributed by atoms with Gasteiger partial charge in [0.25, 0.3) is 0 Å². The minimum atomic E-state index is -0.233. The summed E-state index contributed by atoms with van der Waals surface area (Å²) in [4.78, 5) is 19.7. The van der Waals surface area contributed by atoms with Crippen LogP contribution in [0.4, 0.5) is 0 Å².